The molecule has 0 radical (unpaired) electrons. The summed E-state index contributed by atoms with van der Waals surface area (Å²) in [4.78, 5) is 0. The summed E-state index contributed by atoms with van der Waals surface area (Å²) in [5.41, 5.74) is 0. The van der Waals surface area contributed by atoms with Crippen LogP contribution >= 0.6 is 0 Å². The molecule has 0 bridgehead atoms. The highest BCUT2D eigenvalue weighted by molar-refractivity contribution is 4.72. The van der Waals surface area contributed by atoms with Crippen LogP contribution < -0.4 is 5.32 Å². The van der Waals surface area contributed by atoms with E-state index in [0.717, 1.165) is 31.4 Å². The van der Waals surface area contributed by atoms with Crippen molar-refractivity contribution in [3.63, 3.8) is 0 Å². The van der Waals surface area contributed by atoms with Crippen molar-refractivity contribution in [2.24, 2.45) is 11.8 Å². The van der Waals surface area contributed by atoms with Crippen LogP contribution in [0.4, 0.5) is 0 Å². The fourth-order valence-electron chi connectivity index (χ4n) is 2.57. The Hall–Kier alpha value is -0.0800. The Morgan fingerprint density at radius 2 is 2.12 bits per heavy atom. The van der Waals surface area contributed by atoms with Gasteiger partial charge in [0.15, 0.2) is 0 Å². The molecule has 2 unspecified atom stereocenters. The average molecular weight is 227 g/mol. The summed E-state index contributed by atoms with van der Waals surface area (Å²) in [6.45, 7) is 9.80. The molecular weight excluding hydrogens is 198 g/mol. The van der Waals surface area contributed by atoms with Crippen molar-refractivity contribution in [2.45, 2.75) is 59.0 Å². The second-order valence-corrected chi connectivity index (χ2v) is 5.62. The van der Waals surface area contributed by atoms with Gasteiger partial charge in [0.05, 0.1) is 6.10 Å². The summed E-state index contributed by atoms with van der Waals surface area (Å²) in [5.74, 6) is 1.87. The van der Waals surface area contributed by atoms with E-state index in [9.17, 15) is 0 Å². The van der Waals surface area contributed by atoms with Crippen molar-refractivity contribution >= 4 is 0 Å². The van der Waals surface area contributed by atoms with E-state index >= 15 is 0 Å². The van der Waals surface area contributed by atoms with Gasteiger partial charge in [-0.15, -0.1) is 0 Å². The maximum atomic E-state index is 5.51. The smallest absolute Gasteiger partial charge is 0.0518 e. The van der Waals surface area contributed by atoms with Crippen LogP contribution in [0.15, 0.2) is 0 Å². The predicted octanol–water partition coefficient (Wildman–Crippen LogP) is 3.22. The molecule has 1 N–H and O–H groups in total. The molecule has 2 heteroatoms. The molecule has 96 valence electrons. The zero-order chi connectivity index (χ0) is 11.8. The van der Waals surface area contributed by atoms with Gasteiger partial charge < -0.3 is 10.1 Å². The van der Waals surface area contributed by atoms with E-state index in [4.69, 9.17) is 4.74 Å². The number of rotatable bonds is 7. The number of ether oxygens (including phenoxy) is 1. The van der Waals surface area contributed by atoms with Crippen molar-refractivity contribution in [3.8, 4) is 0 Å². The van der Waals surface area contributed by atoms with E-state index in [2.05, 4.69) is 26.1 Å². The molecule has 1 aliphatic rings. The molecule has 16 heavy (non-hydrogen) atoms. The van der Waals surface area contributed by atoms with Gasteiger partial charge in [0, 0.05) is 6.61 Å². The van der Waals surface area contributed by atoms with Gasteiger partial charge in [0.2, 0.25) is 0 Å². The molecule has 0 aromatic rings. The van der Waals surface area contributed by atoms with Gasteiger partial charge in [-0.2, -0.15) is 0 Å². The first kappa shape index (κ1) is 14.0. The van der Waals surface area contributed by atoms with Crippen LogP contribution in [0.3, 0.4) is 0 Å². The van der Waals surface area contributed by atoms with Crippen LogP contribution in [0.25, 0.3) is 0 Å². The molecule has 0 amide bonds. The van der Waals surface area contributed by atoms with E-state index in [-0.39, 0.29) is 0 Å². The second kappa shape index (κ2) is 8.08. The highest BCUT2D eigenvalue weighted by atomic mass is 16.5. The Morgan fingerprint density at radius 3 is 2.81 bits per heavy atom. The highest BCUT2D eigenvalue weighted by Gasteiger charge is 2.17. The van der Waals surface area contributed by atoms with Crippen LogP contribution in [-0.2, 0) is 4.74 Å². The summed E-state index contributed by atoms with van der Waals surface area (Å²) < 4.78 is 5.51. The Balaban J connectivity index is 1.90. The maximum absolute atomic E-state index is 5.51. The minimum atomic E-state index is 0.374. The predicted molar refractivity (Wildman–Crippen MR) is 69.7 cm³/mol. The van der Waals surface area contributed by atoms with Crippen molar-refractivity contribution in [1.29, 1.82) is 0 Å². The Morgan fingerprint density at radius 1 is 1.31 bits per heavy atom. The van der Waals surface area contributed by atoms with Crippen LogP contribution in [0, 0.1) is 11.8 Å². The third-order valence-corrected chi connectivity index (χ3v) is 3.43. The molecule has 0 aromatic carbocycles. The average Bonchev–Trinajstić information content (AvgIpc) is 2.23. The molecule has 0 spiro atoms. The minimum absolute atomic E-state index is 0.374. The van der Waals surface area contributed by atoms with Crippen molar-refractivity contribution in [3.05, 3.63) is 0 Å². The largest absolute Gasteiger partial charge is 0.379 e. The fourth-order valence-corrected chi connectivity index (χ4v) is 2.57. The highest BCUT2D eigenvalue weighted by Crippen LogP contribution is 2.27. The minimum Gasteiger partial charge on any atom is -0.379 e. The quantitative estimate of drug-likeness (QED) is 0.674. The lowest BCUT2D eigenvalue weighted by Crippen LogP contribution is -2.28. The van der Waals surface area contributed by atoms with Gasteiger partial charge in [-0.3, -0.25) is 0 Å². The Labute approximate surface area is 101 Å². The first-order valence-corrected chi connectivity index (χ1v) is 7.00. The molecule has 1 aliphatic carbocycles. The van der Waals surface area contributed by atoms with Crippen LogP contribution in [0.1, 0.15) is 52.9 Å². The van der Waals surface area contributed by atoms with Gasteiger partial charge in [-0.1, -0.05) is 19.8 Å². The number of nitrogens with one attached hydrogen (secondary N) is 1. The third-order valence-electron chi connectivity index (χ3n) is 3.43. The molecule has 1 saturated carbocycles. The van der Waals surface area contributed by atoms with Gasteiger partial charge >= 0.3 is 0 Å². The van der Waals surface area contributed by atoms with Crippen LogP contribution in [-0.4, -0.2) is 25.8 Å². The summed E-state index contributed by atoms with van der Waals surface area (Å²) in [6, 6.07) is 0. The van der Waals surface area contributed by atoms with E-state index in [0.29, 0.717) is 6.10 Å². The number of hydrogen-bond acceptors (Lipinski definition) is 2. The molecule has 0 aliphatic heterocycles. The fraction of sp³-hybridized carbons (Fsp3) is 1.00. The standard InChI is InChI=1S/C14H29NO/c1-12(2)16-9-5-8-15-11-14-7-4-6-13(3)10-14/h12-15H,4-11H2,1-3H3. The van der Waals surface area contributed by atoms with Crippen molar-refractivity contribution in [2.75, 3.05) is 19.7 Å². The lowest BCUT2D eigenvalue weighted by Gasteiger charge is -2.26. The maximum Gasteiger partial charge on any atom is 0.0518 e. The summed E-state index contributed by atoms with van der Waals surface area (Å²) in [6.07, 6.45) is 7.25. The third kappa shape index (κ3) is 6.49. The lowest BCUT2D eigenvalue weighted by atomic mass is 9.82. The van der Waals surface area contributed by atoms with Crippen molar-refractivity contribution < 1.29 is 4.74 Å². The Bertz CT molecular complexity index is 170. The van der Waals surface area contributed by atoms with E-state index < -0.39 is 0 Å². The van der Waals surface area contributed by atoms with Crippen LogP contribution in [0.2, 0.25) is 0 Å². The molecule has 2 atom stereocenters. The summed E-state index contributed by atoms with van der Waals surface area (Å²) in [7, 11) is 0. The molecule has 0 aromatic heterocycles. The first-order valence-electron chi connectivity index (χ1n) is 7.00. The van der Waals surface area contributed by atoms with E-state index in [1.54, 1.807) is 0 Å². The summed E-state index contributed by atoms with van der Waals surface area (Å²) in [5, 5.41) is 3.57. The Kier molecular flexibility index (Phi) is 7.06. The van der Waals surface area contributed by atoms with Gasteiger partial charge in [0.25, 0.3) is 0 Å². The van der Waals surface area contributed by atoms with Crippen molar-refractivity contribution in [1.82, 2.24) is 5.32 Å². The SMILES string of the molecule is CC1CCCC(CNCCCOC(C)C)C1. The van der Waals surface area contributed by atoms with Gasteiger partial charge in [-0.05, 0) is 58.0 Å². The summed E-state index contributed by atoms with van der Waals surface area (Å²) >= 11 is 0. The van der Waals surface area contributed by atoms with E-state index in [1.165, 1.54) is 32.2 Å². The molecule has 0 heterocycles. The van der Waals surface area contributed by atoms with Gasteiger partial charge in [-0.25, -0.2) is 0 Å². The zero-order valence-corrected chi connectivity index (χ0v) is 11.3. The second-order valence-electron chi connectivity index (χ2n) is 5.62. The molecule has 1 fully saturated rings. The number of hydrogen-bond donors (Lipinski definition) is 1. The van der Waals surface area contributed by atoms with Gasteiger partial charge in [0.1, 0.15) is 0 Å². The van der Waals surface area contributed by atoms with Crippen LogP contribution in [0.5, 0.6) is 0 Å². The molecule has 2 nitrogen and oxygen atoms in total. The zero-order valence-electron chi connectivity index (χ0n) is 11.3. The first-order chi connectivity index (χ1) is 7.68. The molecule has 1 rings (SSSR count). The van der Waals surface area contributed by atoms with E-state index in [1.807, 2.05) is 0 Å². The molecular formula is C14H29NO. The topological polar surface area (TPSA) is 21.3 Å². The monoisotopic (exact) mass is 227 g/mol. The molecule has 0 saturated heterocycles. The normalized spacial score (nSPS) is 26.2. The lowest BCUT2D eigenvalue weighted by molar-refractivity contribution is 0.0768.